The number of nitrogens with one attached hydrogen (secondary N) is 2. The molecule has 0 aliphatic carbocycles. The molecule has 2 amide bonds. The Morgan fingerprint density at radius 2 is 2.04 bits per heavy atom. The highest BCUT2D eigenvalue weighted by molar-refractivity contribution is 5.97. The molecule has 0 spiro atoms. The summed E-state index contributed by atoms with van der Waals surface area (Å²) in [5, 5.41) is 6.00. The third-order valence-corrected chi connectivity index (χ3v) is 4.50. The van der Waals surface area contributed by atoms with Crippen LogP contribution in [0.1, 0.15) is 23.2 Å². The number of nitrogens with zero attached hydrogens (tertiary/aromatic N) is 1. The van der Waals surface area contributed by atoms with Gasteiger partial charge in [0.05, 0.1) is 18.1 Å². The molecule has 1 aliphatic heterocycles. The van der Waals surface area contributed by atoms with Crippen molar-refractivity contribution in [3.63, 3.8) is 0 Å². The molecule has 156 valence electrons. The van der Waals surface area contributed by atoms with Crippen molar-refractivity contribution in [1.82, 2.24) is 15.5 Å². The number of benzene rings is 1. The maximum Gasteiger partial charge on any atom is 0.387 e. The van der Waals surface area contributed by atoms with Crippen molar-refractivity contribution in [2.45, 2.75) is 19.5 Å². The number of alkyl halides is 2. The van der Waals surface area contributed by atoms with Crippen molar-refractivity contribution >= 4 is 11.8 Å². The highest BCUT2D eigenvalue weighted by Crippen LogP contribution is 2.25. The van der Waals surface area contributed by atoms with Crippen molar-refractivity contribution in [2.24, 2.45) is 5.92 Å². The van der Waals surface area contributed by atoms with E-state index < -0.39 is 12.5 Å². The van der Waals surface area contributed by atoms with Gasteiger partial charge >= 0.3 is 6.61 Å². The van der Waals surface area contributed by atoms with Gasteiger partial charge in [0.25, 0.3) is 5.91 Å². The molecule has 0 saturated carbocycles. The number of carbonyl (C=O) groups excluding carboxylic acids is 2. The van der Waals surface area contributed by atoms with Crippen LogP contribution in [0.3, 0.4) is 0 Å². The summed E-state index contributed by atoms with van der Waals surface area (Å²) in [4.78, 5) is 26.7. The van der Waals surface area contributed by atoms with E-state index >= 15 is 0 Å². The molecule has 28 heavy (non-hydrogen) atoms. The third-order valence-electron chi connectivity index (χ3n) is 4.50. The largest absolute Gasteiger partial charge is 0.434 e. The van der Waals surface area contributed by atoms with Crippen LogP contribution in [0.2, 0.25) is 0 Å². The summed E-state index contributed by atoms with van der Waals surface area (Å²) in [5.74, 6) is -0.991. The number of hydrogen-bond acceptors (Lipinski definition) is 5. The summed E-state index contributed by atoms with van der Waals surface area (Å²) in [6.45, 7) is 0.143. The fourth-order valence-electron chi connectivity index (χ4n) is 3.11. The van der Waals surface area contributed by atoms with Crippen LogP contribution in [0, 0.1) is 5.92 Å². The number of para-hydroxylation sites is 1. The minimum Gasteiger partial charge on any atom is -0.434 e. The number of methoxy groups -OCH3 is 1. The third kappa shape index (κ3) is 6.72. The zero-order chi connectivity index (χ0) is 20.4. The summed E-state index contributed by atoms with van der Waals surface area (Å²) in [7, 11) is 1.62. The molecule has 1 aliphatic rings. The Morgan fingerprint density at radius 1 is 1.25 bits per heavy atom. The van der Waals surface area contributed by atoms with Gasteiger partial charge in [-0.1, -0.05) is 12.1 Å². The summed E-state index contributed by atoms with van der Waals surface area (Å²) >= 11 is 0. The smallest absolute Gasteiger partial charge is 0.387 e. The molecular formula is C19H27F2N3O4. The number of halogens is 2. The number of ether oxygens (including phenoxy) is 2. The first-order valence-electron chi connectivity index (χ1n) is 9.33. The van der Waals surface area contributed by atoms with Gasteiger partial charge in [0.2, 0.25) is 5.91 Å². The first-order valence-corrected chi connectivity index (χ1v) is 9.33. The van der Waals surface area contributed by atoms with Gasteiger partial charge in [-0.05, 0) is 25.0 Å². The van der Waals surface area contributed by atoms with Gasteiger partial charge in [0.15, 0.2) is 0 Å². The fraction of sp³-hybridized carbons (Fsp3) is 0.579. The molecule has 1 unspecified atom stereocenters. The number of hydrogen-bond donors (Lipinski definition) is 2. The molecule has 1 heterocycles. The van der Waals surface area contributed by atoms with Gasteiger partial charge < -0.3 is 25.0 Å². The van der Waals surface area contributed by atoms with Crippen LogP contribution in [0.5, 0.6) is 5.75 Å². The van der Waals surface area contributed by atoms with Gasteiger partial charge in [0.1, 0.15) is 5.75 Å². The first-order chi connectivity index (χ1) is 13.5. The van der Waals surface area contributed by atoms with E-state index in [1.54, 1.807) is 13.2 Å². The normalized spacial score (nSPS) is 16.9. The van der Waals surface area contributed by atoms with Crippen LogP contribution in [-0.2, 0) is 9.53 Å². The van der Waals surface area contributed by atoms with Crippen molar-refractivity contribution in [2.75, 3.05) is 46.4 Å². The monoisotopic (exact) mass is 399 g/mol. The zero-order valence-electron chi connectivity index (χ0n) is 16.0. The van der Waals surface area contributed by atoms with E-state index in [-0.39, 0.29) is 29.7 Å². The van der Waals surface area contributed by atoms with Gasteiger partial charge in [0, 0.05) is 39.8 Å². The van der Waals surface area contributed by atoms with Crippen LogP contribution < -0.4 is 15.4 Å². The maximum atomic E-state index is 12.8. The topological polar surface area (TPSA) is 79.9 Å². The summed E-state index contributed by atoms with van der Waals surface area (Å²) in [6.07, 6.45) is 1.36. The molecule has 1 atom stereocenters. The van der Waals surface area contributed by atoms with Gasteiger partial charge in [-0.2, -0.15) is 8.78 Å². The molecule has 1 saturated heterocycles. The lowest BCUT2D eigenvalue weighted by Crippen LogP contribution is -2.46. The quantitative estimate of drug-likeness (QED) is 0.583. The van der Waals surface area contributed by atoms with Crippen molar-refractivity contribution < 1.29 is 27.8 Å². The standard InChI is InChI=1S/C19H27F2N3O4/c1-27-12-10-22-8-9-23-17(25)14-5-4-11-24(13-14)18(26)15-6-2-3-7-16(15)28-19(20)21/h2-3,6-7,14,19,22H,4-5,8-13H2,1H3,(H,23,25). The minimum atomic E-state index is -3.01. The van der Waals surface area contributed by atoms with Crippen molar-refractivity contribution in [3.05, 3.63) is 29.8 Å². The Hall–Kier alpha value is -2.26. The average molecular weight is 399 g/mol. The van der Waals surface area contributed by atoms with E-state index in [1.807, 2.05) is 0 Å². The van der Waals surface area contributed by atoms with E-state index in [9.17, 15) is 18.4 Å². The van der Waals surface area contributed by atoms with Crippen molar-refractivity contribution in [3.8, 4) is 5.75 Å². The number of piperidine rings is 1. The maximum absolute atomic E-state index is 12.8. The average Bonchev–Trinajstić information content (AvgIpc) is 2.70. The molecule has 1 fully saturated rings. The molecule has 0 aromatic heterocycles. The van der Waals surface area contributed by atoms with Crippen LogP contribution in [0.25, 0.3) is 0 Å². The van der Waals surface area contributed by atoms with Crippen LogP contribution in [0.4, 0.5) is 8.78 Å². The van der Waals surface area contributed by atoms with Crippen LogP contribution in [-0.4, -0.2) is 69.8 Å². The molecule has 1 aromatic carbocycles. The second-order valence-corrected chi connectivity index (χ2v) is 6.50. The molecule has 0 radical (unpaired) electrons. The summed E-state index contributed by atoms with van der Waals surface area (Å²) in [6, 6.07) is 5.91. The highest BCUT2D eigenvalue weighted by atomic mass is 19.3. The molecule has 9 heteroatoms. The lowest BCUT2D eigenvalue weighted by atomic mass is 9.96. The zero-order valence-corrected chi connectivity index (χ0v) is 16.0. The molecule has 7 nitrogen and oxygen atoms in total. The minimum absolute atomic E-state index is 0.0752. The van der Waals surface area contributed by atoms with Gasteiger partial charge in [-0.15, -0.1) is 0 Å². The van der Waals surface area contributed by atoms with Crippen LogP contribution in [0.15, 0.2) is 24.3 Å². The number of carbonyl (C=O) groups is 2. The van der Waals surface area contributed by atoms with Crippen LogP contribution >= 0.6 is 0 Å². The lowest BCUT2D eigenvalue weighted by molar-refractivity contribution is -0.126. The SMILES string of the molecule is COCCNCCNC(=O)C1CCCN(C(=O)c2ccccc2OC(F)F)C1. The Labute approximate surface area is 163 Å². The molecule has 2 N–H and O–H groups in total. The van der Waals surface area contributed by atoms with Crippen molar-refractivity contribution in [1.29, 1.82) is 0 Å². The van der Waals surface area contributed by atoms with Gasteiger partial charge in [-0.25, -0.2) is 0 Å². The second kappa shape index (κ2) is 11.6. The lowest BCUT2D eigenvalue weighted by Gasteiger charge is -2.32. The predicted molar refractivity (Wildman–Crippen MR) is 99.5 cm³/mol. The fourth-order valence-corrected chi connectivity index (χ4v) is 3.11. The number of rotatable bonds is 10. The Kier molecular flexibility index (Phi) is 9.09. The molecule has 0 bridgehead atoms. The Balaban J connectivity index is 1.88. The van der Waals surface area contributed by atoms with E-state index in [0.717, 1.165) is 0 Å². The number of amides is 2. The molecular weight excluding hydrogens is 372 g/mol. The second-order valence-electron chi connectivity index (χ2n) is 6.50. The van der Waals surface area contributed by atoms with E-state index in [4.69, 9.17) is 4.74 Å². The van der Waals surface area contributed by atoms with E-state index in [0.29, 0.717) is 45.6 Å². The molecule has 2 rings (SSSR count). The van der Waals surface area contributed by atoms with E-state index in [2.05, 4.69) is 15.4 Å². The first kappa shape index (κ1) is 22.0. The summed E-state index contributed by atoms with van der Waals surface area (Å²) < 4.78 is 34.5. The Bertz CT molecular complexity index is 645. The predicted octanol–water partition coefficient (Wildman–Crippen LogP) is 1.49. The van der Waals surface area contributed by atoms with E-state index in [1.165, 1.54) is 23.1 Å². The number of likely N-dealkylation sites (tertiary alicyclic amines) is 1. The highest BCUT2D eigenvalue weighted by Gasteiger charge is 2.30. The molecule has 1 aromatic rings. The Morgan fingerprint density at radius 3 is 2.79 bits per heavy atom. The summed E-state index contributed by atoms with van der Waals surface area (Å²) in [5.41, 5.74) is 0.0752. The van der Waals surface area contributed by atoms with Gasteiger partial charge in [-0.3, -0.25) is 9.59 Å².